The molecule has 0 aliphatic carbocycles. The summed E-state index contributed by atoms with van der Waals surface area (Å²) < 4.78 is 5.37. The van der Waals surface area contributed by atoms with Gasteiger partial charge in [-0.1, -0.05) is 35.0 Å². The first kappa shape index (κ1) is 12.8. The molecule has 0 unspecified atom stereocenters. The highest BCUT2D eigenvalue weighted by Crippen LogP contribution is 2.24. The zero-order valence-electron chi connectivity index (χ0n) is 11.4. The number of nitrogens with one attached hydrogen (secondary N) is 1. The number of nitrogens with zero attached hydrogens (tertiary/aromatic N) is 1. The van der Waals surface area contributed by atoms with Gasteiger partial charge in [-0.05, 0) is 27.7 Å². The summed E-state index contributed by atoms with van der Waals surface area (Å²) in [5.74, 6) is 0.853. The summed E-state index contributed by atoms with van der Waals surface area (Å²) in [5, 5.41) is 7.35. The molecule has 1 aromatic carbocycles. The van der Waals surface area contributed by atoms with Crippen LogP contribution in [0.4, 0.5) is 0 Å². The molecule has 1 N–H and O–H groups in total. The lowest BCUT2D eigenvalue weighted by molar-refractivity contribution is 0.418. The van der Waals surface area contributed by atoms with Gasteiger partial charge in [0.25, 0.3) is 0 Å². The Bertz CT molecular complexity index is 506. The van der Waals surface area contributed by atoms with Crippen LogP contribution < -0.4 is 5.32 Å². The largest absolute Gasteiger partial charge is 0.356 e. The van der Waals surface area contributed by atoms with Gasteiger partial charge in [0, 0.05) is 23.2 Å². The van der Waals surface area contributed by atoms with E-state index in [9.17, 15) is 0 Å². The zero-order chi connectivity index (χ0) is 13.2. The van der Waals surface area contributed by atoms with E-state index in [0.717, 1.165) is 23.4 Å². The Hall–Kier alpha value is -1.61. The van der Waals surface area contributed by atoms with Crippen LogP contribution in [0.2, 0.25) is 0 Å². The van der Waals surface area contributed by atoms with Crippen molar-refractivity contribution in [1.82, 2.24) is 10.5 Å². The molecule has 0 amide bonds. The maximum absolute atomic E-state index is 5.37. The molecule has 0 aliphatic heterocycles. The monoisotopic (exact) mass is 244 g/mol. The van der Waals surface area contributed by atoms with E-state index < -0.39 is 0 Å². The maximum atomic E-state index is 5.37. The Kier molecular flexibility index (Phi) is 3.53. The van der Waals surface area contributed by atoms with Crippen molar-refractivity contribution in [2.75, 3.05) is 0 Å². The van der Waals surface area contributed by atoms with Crippen molar-refractivity contribution in [1.29, 1.82) is 0 Å². The second-order valence-corrected chi connectivity index (χ2v) is 5.65. The van der Waals surface area contributed by atoms with Gasteiger partial charge in [-0.2, -0.15) is 0 Å². The van der Waals surface area contributed by atoms with Crippen molar-refractivity contribution in [3.63, 3.8) is 0 Å². The molecule has 0 radical (unpaired) electrons. The molecular formula is C15H20N2O. The fourth-order valence-electron chi connectivity index (χ4n) is 1.69. The smallest absolute Gasteiger partial charge is 0.171 e. The first-order chi connectivity index (χ1) is 8.46. The second kappa shape index (κ2) is 4.94. The molecule has 3 nitrogen and oxygen atoms in total. The van der Waals surface area contributed by atoms with Crippen molar-refractivity contribution < 1.29 is 4.52 Å². The Morgan fingerprint density at radius 3 is 2.44 bits per heavy atom. The highest BCUT2D eigenvalue weighted by Gasteiger charge is 2.14. The first-order valence-electron chi connectivity index (χ1n) is 6.21. The maximum Gasteiger partial charge on any atom is 0.171 e. The number of rotatable bonds is 3. The van der Waals surface area contributed by atoms with E-state index >= 15 is 0 Å². The Labute approximate surface area is 108 Å². The molecule has 1 heterocycles. The van der Waals surface area contributed by atoms with Crippen molar-refractivity contribution in [2.24, 2.45) is 0 Å². The van der Waals surface area contributed by atoms with Crippen LogP contribution in [-0.4, -0.2) is 10.7 Å². The molecule has 3 heteroatoms. The summed E-state index contributed by atoms with van der Waals surface area (Å²) >= 11 is 0. The van der Waals surface area contributed by atoms with E-state index in [4.69, 9.17) is 4.52 Å². The van der Waals surface area contributed by atoms with Crippen LogP contribution in [0.15, 0.2) is 35.0 Å². The molecule has 18 heavy (non-hydrogen) atoms. The van der Waals surface area contributed by atoms with Crippen molar-refractivity contribution in [3.8, 4) is 11.3 Å². The minimum atomic E-state index is 0.0851. The second-order valence-electron chi connectivity index (χ2n) is 5.65. The van der Waals surface area contributed by atoms with Gasteiger partial charge < -0.3 is 9.84 Å². The van der Waals surface area contributed by atoms with E-state index in [1.54, 1.807) is 6.20 Å². The van der Waals surface area contributed by atoms with Crippen LogP contribution in [0.25, 0.3) is 11.3 Å². The first-order valence-corrected chi connectivity index (χ1v) is 6.21. The average Bonchev–Trinajstić information content (AvgIpc) is 2.75. The van der Waals surface area contributed by atoms with Crippen LogP contribution in [0.1, 0.15) is 31.9 Å². The van der Waals surface area contributed by atoms with Gasteiger partial charge in [0.2, 0.25) is 0 Å². The van der Waals surface area contributed by atoms with Gasteiger partial charge in [-0.15, -0.1) is 0 Å². The third kappa shape index (κ3) is 3.20. The fraction of sp³-hybridized carbons (Fsp3) is 0.400. The van der Waals surface area contributed by atoms with Crippen LogP contribution in [0, 0.1) is 6.92 Å². The summed E-state index contributed by atoms with van der Waals surface area (Å²) in [6.07, 6.45) is 1.79. The molecular weight excluding hydrogens is 224 g/mol. The standard InChI is InChI=1S/C15H20N2O/c1-11-5-7-12(8-6-11)14-13(10-17-18-14)9-16-15(2,3)4/h5-8,10,16H,9H2,1-4H3. The normalized spacial score (nSPS) is 11.8. The molecule has 0 fully saturated rings. The average molecular weight is 244 g/mol. The molecule has 2 rings (SSSR count). The molecule has 0 saturated heterocycles. The minimum absolute atomic E-state index is 0.0851. The number of aromatic nitrogens is 1. The van der Waals surface area contributed by atoms with Crippen molar-refractivity contribution >= 4 is 0 Å². The lowest BCUT2D eigenvalue weighted by Crippen LogP contribution is -2.35. The van der Waals surface area contributed by atoms with Crippen molar-refractivity contribution in [3.05, 3.63) is 41.6 Å². The zero-order valence-corrected chi connectivity index (χ0v) is 11.4. The predicted molar refractivity (Wildman–Crippen MR) is 73.3 cm³/mol. The summed E-state index contributed by atoms with van der Waals surface area (Å²) in [5.41, 5.74) is 3.49. The topological polar surface area (TPSA) is 38.1 Å². The van der Waals surface area contributed by atoms with Gasteiger partial charge in [0.05, 0.1) is 6.20 Å². The summed E-state index contributed by atoms with van der Waals surface area (Å²) in [7, 11) is 0. The van der Waals surface area contributed by atoms with E-state index in [0.29, 0.717) is 0 Å². The molecule has 0 aliphatic rings. The van der Waals surface area contributed by atoms with Crippen LogP contribution in [0.5, 0.6) is 0 Å². The third-order valence-electron chi connectivity index (χ3n) is 2.77. The van der Waals surface area contributed by atoms with E-state index in [1.807, 2.05) is 0 Å². The Morgan fingerprint density at radius 1 is 1.17 bits per heavy atom. The van der Waals surface area contributed by atoms with Gasteiger partial charge in [-0.25, -0.2) is 0 Å². The Morgan fingerprint density at radius 2 is 1.83 bits per heavy atom. The van der Waals surface area contributed by atoms with Crippen LogP contribution >= 0.6 is 0 Å². The number of benzene rings is 1. The summed E-state index contributed by atoms with van der Waals surface area (Å²) in [4.78, 5) is 0. The number of aryl methyl sites for hydroxylation is 1. The lowest BCUT2D eigenvalue weighted by atomic mass is 10.1. The molecule has 0 bridgehead atoms. The van der Waals surface area contributed by atoms with Gasteiger partial charge in [0.15, 0.2) is 5.76 Å². The molecule has 96 valence electrons. The van der Waals surface area contributed by atoms with E-state index in [1.165, 1.54) is 5.56 Å². The summed E-state index contributed by atoms with van der Waals surface area (Å²) in [6.45, 7) is 9.27. The molecule has 1 aromatic heterocycles. The van der Waals surface area contributed by atoms with Crippen LogP contribution in [0.3, 0.4) is 0 Å². The fourth-order valence-corrected chi connectivity index (χ4v) is 1.69. The van der Waals surface area contributed by atoms with Crippen molar-refractivity contribution in [2.45, 2.75) is 39.8 Å². The van der Waals surface area contributed by atoms with Gasteiger partial charge in [0.1, 0.15) is 0 Å². The molecule has 0 atom stereocenters. The summed E-state index contributed by atoms with van der Waals surface area (Å²) in [6, 6.07) is 8.30. The molecule has 0 saturated carbocycles. The molecule has 2 aromatic rings. The van der Waals surface area contributed by atoms with E-state index in [2.05, 4.69) is 62.4 Å². The van der Waals surface area contributed by atoms with E-state index in [-0.39, 0.29) is 5.54 Å². The highest BCUT2D eigenvalue weighted by molar-refractivity contribution is 5.60. The Balaban J connectivity index is 2.20. The van der Waals surface area contributed by atoms with Crippen LogP contribution in [-0.2, 0) is 6.54 Å². The predicted octanol–water partition coefficient (Wildman–Crippen LogP) is 3.54. The van der Waals surface area contributed by atoms with Gasteiger partial charge >= 0.3 is 0 Å². The molecule has 0 spiro atoms. The van der Waals surface area contributed by atoms with Gasteiger partial charge in [-0.3, -0.25) is 0 Å². The third-order valence-corrected chi connectivity index (χ3v) is 2.77. The lowest BCUT2D eigenvalue weighted by Gasteiger charge is -2.20. The SMILES string of the molecule is Cc1ccc(-c2oncc2CNC(C)(C)C)cc1. The quantitative estimate of drug-likeness (QED) is 0.897. The highest BCUT2D eigenvalue weighted by atomic mass is 16.5. The number of hydrogen-bond donors (Lipinski definition) is 1. The number of hydrogen-bond acceptors (Lipinski definition) is 3. The minimum Gasteiger partial charge on any atom is -0.356 e.